The van der Waals surface area contributed by atoms with Crippen molar-refractivity contribution in [1.29, 1.82) is 0 Å². The number of quaternary nitrogens is 1. The van der Waals surface area contributed by atoms with Gasteiger partial charge in [0.25, 0.3) is 0 Å². The minimum atomic E-state index is -0.0625. The van der Waals surface area contributed by atoms with Gasteiger partial charge in [-0.05, 0) is 0 Å². The Morgan fingerprint density at radius 1 is 1.33 bits per heavy atom. The Kier molecular flexibility index (Phi) is 3.43. The number of halogens is 1. The van der Waals surface area contributed by atoms with Gasteiger partial charge in [0.05, 0.1) is 20.1 Å². The molecular formula is C5H13ClN2O. The molecule has 56 valence electrons. The molecule has 0 aromatic heterocycles. The van der Waals surface area contributed by atoms with E-state index >= 15 is 0 Å². The number of hydroxylamine groups is 3. The Morgan fingerprint density at radius 2 is 1.78 bits per heavy atom. The predicted octanol–water partition coefficient (Wildman–Crippen LogP) is -0.0442. The third-order valence-electron chi connectivity index (χ3n) is 1.52. The summed E-state index contributed by atoms with van der Waals surface area (Å²) in [7, 11) is 1.72. The van der Waals surface area contributed by atoms with Crippen molar-refractivity contribution in [3.8, 4) is 0 Å². The Bertz CT molecular complexity index is 79.0. The first-order valence-electron chi connectivity index (χ1n) is 2.97. The topological polar surface area (TPSA) is 35.1 Å². The maximum absolute atomic E-state index is 11.0. The lowest BCUT2D eigenvalue weighted by atomic mass is 10.4. The van der Waals surface area contributed by atoms with Crippen molar-refractivity contribution in [2.75, 3.05) is 33.2 Å². The van der Waals surface area contributed by atoms with Crippen molar-refractivity contribution in [2.24, 2.45) is 0 Å². The molecule has 0 radical (unpaired) electrons. The van der Waals surface area contributed by atoms with Crippen LogP contribution in [0, 0.1) is 5.21 Å². The number of rotatable bonds is 0. The fraction of sp³-hybridized carbons (Fsp3) is 1.00. The van der Waals surface area contributed by atoms with Gasteiger partial charge in [0.15, 0.2) is 0 Å². The predicted molar refractivity (Wildman–Crippen MR) is 39.4 cm³/mol. The van der Waals surface area contributed by atoms with Crippen molar-refractivity contribution in [3.63, 3.8) is 0 Å². The van der Waals surface area contributed by atoms with E-state index in [4.69, 9.17) is 0 Å². The molecule has 0 aromatic rings. The molecule has 1 saturated heterocycles. The molecule has 4 heteroatoms. The molecule has 0 saturated carbocycles. The molecule has 3 nitrogen and oxygen atoms in total. The number of likely N-dealkylation sites (N-methyl/N-ethyl adjacent to an activating group) is 1. The molecular weight excluding hydrogens is 140 g/mol. The van der Waals surface area contributed by atoms with Crippen molar-refractivity contribution in [1.82, 2.24) is 5.32 Å². The molecule has 0 aliphatic carbocycles. The molecule has 1 aliphatic rings. The standard InChI is InChI=1S/C5H12N2O.ClH/c1-7(8)4-2-6-3-5-7;/h6H,2-5H2,1H3;1H. The quantitative estimate of drug-likeness (QED) is 0.391. The lowest BCUT2D eigenvalue weighted by Crippen LogP contribution is -2.51. The summed E-state index contributed by atoms with van der Waals surface area (Å²) in [5.41, 5.74) is 0. The van der Waals surface area contributed by atoms with Gasteiger partial charge in [-0.3, -0.25) is 0 Å². The monoisotopic (exact) mass is 152 g/mol. The number of piperazine rings is 1. The van der Waals surface area contributed by atoms with Gasteiger partial charge in [0.2, 0.25) is 0 Å². The van der Waals surface area contributed by atoms with Gasteiger partial charge in [-0.1, -0.05) is 0 Å². The van der Waals surface area contributed by atoms with Crippen LogP contribution in [0.2, 0.25) is 0 Å². The summed E-state index contributed by atoms with van der Waals surface area (Å²) in [6.07, 6.45) is 0. The molecule has 1 rings (SSSR count). The highest BCUT2D eigenvalue weighted by molar-refractivity contribution is 5.85. The fourth-order valence-corrected chi connectivity index (χ4v) is 0.868. The van der Waals surface area contributed by atoms with Crippen molar-refractivity contribution >= 4 is 12.4 Å². The second kappa shape index (κ2) is 3.37. The lowest BCUT2D eigenvalue weighted by molar-refractivity contribution is -0.862. The van der Waals surface area contributed by atoms with Gasteiger partial charge < -0.3 is 15.2 Å². The molecule has 0 bridgehead atoms. The first-order valence-corrected chi connectivity index (χ1v) is 2.97. The summed E-state index contributed by atoms with van der Waals surface area (Å²) in [5.74, 6) is 0. The largest absolute Gasteiger partial charge is 0.633 e. The van der Waals surface area contributed by atoms with Crippen molar-refractivity contribution < 1.29 is 4.65 Å². The normalized spacial score (nSPS) is 24.7. The van der Waals surface area contributed by atoms with E-state index < -0.39 is 0 Å². The summed E-state index contributed by atoms with van der Waals surface area (Å²) in [5, 5.41) is 14.1. The van der Waals surface area contributed by atoms with E-state index in [1.807, 2.05) is 0 Å². The summed E-state index contributed by atoms with van der Waals surface area (Å²) >= 11 is 0. The summed E-state index contributed by atoms with van der Waals surface area (Å²) in [6, 6.07) is 0. The average Bonchev–Trinajstić information content (AvgIpc) is 1.65. The van der Waals surface area contributed by atoms with Crippen molar-refractivity contribution in [3.05, 3.63) is 5.21 Å². The number of hydrogen-bond donors (Lipinski definition) is 1. The van der Waals surface area contributed by atoms with Gasteiger partial charge >= 0.3 is 0 Å². The van der Waals surface area contributed by atoms with E-state index in [-0.39, 0.29) is 17.1 Å². The van der Waals surface area contributed by atoms with E-state index in [9.17, 15) is 5.21 Å². The van der Waals surface area contributed by atoms with Crippen LogP contribution >= 0.6 is 12.4 Å². The summed E-state index contributed by atoms with van der Waals surface area (Å²) in [4.78, 5) is 0. The minimum absolute atomic E-state index is 0. The van der Waals surface area contributed by atoms with Crippen LogP contribution in [0.1, 0.15) is 0 Å². The molecule has 0 aromatic carbocycles. The van der Waals surface area contributed by atoms with Crippen LogP contribution in [-0.2, 0) is 0 Å². The van der Waals surface area contributed by atoms with Crippen LogP contribution in [0.25, 0.3) is 0 Å². The van der Waals surface area contributed by atoms with Gasteiger partial charge in [-0.15, -0.1) is 12.4 Å². The zero-order valence-electron chi connectivity index (χ0n) is 5.59. The smallest absolute Gasteiger partial charge is 0.0909 e. The van der Waals surface area contributed by atoms with Crippen LogP contribution in [0.4, 0.5) is 0 Å². The number of nitrogens with zero attached hydrogens (tertiary/aromatic N) is 1. The summed E-state index contributed by atoms with van der Waals surface area (Å²) < 4.78 is -0.0625. The van der Waals surface area contributed by atoms with Crippen LogP contribution in [0.3, 0.4) is 0 Å². The molecule has 1 fully saturated rings. The van der Waals surface area contributed by atoms with E-state index in [0.29, 0.717) is 0 Å². The Morgan fingerprint density at radius 3 is 2.00 bits per heavy atom. The van der Waals surface area contributed by atoms with Crippen LogP contribution in [-0.4, -0.2) is 37.9 Å². The highest BCUT2D eigenvalue weighted by Gasteiger charge is 2.12. The Hall–Kier alpha value is 0.170. The van der Waals surface area contributed by atoms with Gasteiger partial charge in [-0.25, -0.2) is 0 Å². The Balaban J connectivity index is 0.000000640. The Labute approximate surface area is 61.6 Å². The molecule has 0 amide bonds. The second-order valence-corrected chi connectivity index (χ2v) is 2.49. The van der Waals surface area contributed by atoms with Crippen molar-refractivity contribution in [2.45, 2.75) is 0 Å². The van der Waals surface area contributed by atoms with Crippen LogP contribution in [0.5, 0.6) is 0 Å². The molecule has 9 heavy (non-hydrogen) atoms. The van der Waals surface area contributed by atoms with E-state index in [2.05, 4.69) is 5.32 Å². The summed E-state index contributed by atoms with van der Waals surface area (Å²) in [6.45, 7) is 3.19. The van der Waals surface area contributed by atoms with Gasteiger partial charge in [0, 0.05) is 13.1 Å². The third kappa shape index (κ3) is 3.01. The maximum Gasteiger partial charge on any atom is 0.0909 e. The van der Waals surface area contributed by atoms with Crippen LogP contribution in [0.15, 0.2) is 0 Å². The highest BCUT2D eigenvalue weighted by Crippen LogP contribution is 1.98. The lowest BCUT2D eigenvalue weighted by Gasteiger charge is -2.41. The third-order valence-corrected chi connectivity index (χ3v) is 1.52. The maximum atomic E-state index is 11.0. The van der Waals surface area contributed by atoms with E-state index in [0.717, 1.165) is 26.2 Å². The molecule has 1 heterocycles. The molecule has 0 unspecified atom stereocenters. The first-order chi connectivity index (χ1) is 3.71. The van der Waals surface area contributed by atoms with E-state index in [1.54, 1.807) is 7.05 Å². The zero-order chi connectivity index (χ0) is 6.04. The molecule has 1 aliphatic heterocycles. The SMILES string of the molecule is C[N+]1([O-])CCNCC1.Cl. The fourth-order valence-electron chi connectivity index (χ4n) is 0.868. The minimum Gasteiger partial charge on any atom is -0.633 e. The van der Waals surface area contributed by atoms with Crippen LogP contribution < -0.4 is 5.32 Å². The molecule has 1 N–H and O–H groups in total. The van der Waals surface area contributed by atoms with Gasteiger partial charge in [-0.2, -0.15) is 0 Å². The second-order valence-electron chi connectivity index (χ2n) is 2.49. The van der Waals surface area contributed by atoms with E-state index in [1.165, 1.54) is 0 Å². The zero-order valence-corrected chi connectivity index (χ0v) is 6.41. The van der Waals surface area contributed by atoms with Gasteiger partial charge in [0.1, 0.15) is 0 Å². The molecule has 0 atom stereocenters. The first kappa shape index (κ1) is 9.17. The average molecular weight is 153 g/mol. The molecule has 0 spiro atoms. The number of nitrogens with one attached hydrogen (secondary N) is 1. The number of hydrogen-bond acceptors (Lipinski definition) is 2. The highest BCUT2D eigenvalue weighted by atomic mass is 35.5.